The molecule has 1 rings (SSSR count). The number of anilines is 1. The lowest BCUT2D eigenvalue weighted by Gasteiger charge is -2.20. The summed E-state index contributed by atoms with van der Waals surface area (Å²) in [5.74, 6) is 0. The summed E-state index contributed by atoms with van der Waals surface area (Å²) in [7, 11) is 1.97. The molecule has 2 nitrogen and oxygen atoms in total. The third kappa shape index (κ3) is 3.29. The minimum absolute atomic E-state index is 0.657. The van der Waals surface area contributed by atoms with Gasteiger partial charge in [-0.3, -0.25) is 0 Å². The largest absolute Gasteiger partial charge is 0.373 e. The van der Waals surface area contributed by atoms with Gasteiger partial charge in [0, 0.05) is 18.6 Å². The van der Waals surface area contributed by atoms with Crippen LogP contribution in [-0.2, 0) is 0 Å². The molecule has 0 heterocycles. The highest BCUT2D eigenvalue weighted by atomic mass is 35.5. The molecule has 0 spiro atoms. The van der Waals surface area contributed by atoms with Crippen LogP contribution in [0.25, 0.3) is 0 Å². The van der Waals surface area contributed by atoms with Crippen molar-refractivity contribution in [3.8, 4) is 6.07 Å². The standard InChI is InChI=1S/C13H15ClN2/c1-3-4-5-8-16(2)13-9-12(14)7-6-11(13)10-15/h3,6-7,9H,1,4-5,8H2,2H3. The number of allylic oxidation sites excluding steroid dienone is 1. The summed E-state index contributed by atoms with van der Waals surface area (Å²) < 4.78 is 0. The summed E-state index contributed by atoms with van der Waals surface area (Å²) >= 11 is 5.93. The van der Waals surface area contributed by atoms with Gasteiger partial charge in [-0.05, 0) is 31.0 Å². The number of nitriles is 1. The maximum Gasteiger partial charge on any atom is 0.101 e. The van der Waals surface area contributed by atoms with Crippen LogP contribution in [0, 0.1) is 11.3 Å². The van der Waals surface area contributed by atoms with Gasteiger partial charge in [-0.1, -0.05) is 17.7 Å². The molecule has 0 saturated heterocycles. The summed E-state index contributed by atoms with van der Waals surface area (Å²) in [6.45, 7) is 4.58. The Kier molecular flexibility index (Phi) is 4.88. The number of nitrogens with zero attached hydrogens (tertiary/aromatic N) is 2. The van der Waals surface area contributed by atoms with Gasteiger partial charge in [0.1, 0.15) is 6.07 Å². The maximum atomic E-state index is 8.99. The SMILES string of the molecule is C=CCCCN(C)c1cc(Cl)ccc1C#N. The third-order valence-corrected chi connectivity index (χ3v) is 2.63. The summed E-state index contributed by atoms with van der Waals surface area (Å²) in [5, 5.41) is 9.65. The fraction of sp³-hybridized carbons (Fsp3) is 0.308. The molecule has 3 heteroatoms. The van der Waals surface area contributed by atoms with Crippen molar-refractivity contribution in [3.05, 3.63) is 41.4 Å². The van der Waals surface area contributed by atoms with Crippen molar-refractivity contribution in [3.63, 3.8) is 0 Å². The van der Waals surface area contributed by atoms with Gasteiger partial charge in [-0.2, -0.15) is 5.26 Å². The summed E-state index contributed by atoms with van der Waals surface area (Å²) in [6.07, 6.45) is 3.90. The highest BCUT2D eigenvalue weighted by Gasteiger charge is 2.07. The zero-order valence-electron chi connectivity index (χ0n) is 9.41. The van der Waals surface area contributed by atoms with E-state index in [9.17, 15) is 0 Å². The van der Waals surface area contributed by atoms with E-state index >= 15 is 0 Å². The average molecular weight is 235 g/mol. The maximum absolute atomic E-state index is 8.99. The van der Waals surface area contributed by atoms with Crippen molar-refractivity contribution in [2.75, 3.05) is 18.5 Å². The molecule has 0 bridgehead atoms. The molecule has 0 aliphatic carbocycles. The van der Waals surface area contributed by atoms with E-state index in [4.69, 9.17) is 16.9 Å². The van der Waals surface area contributed by atoms with Gasteiger partial charge in [-0.15, -0.1) is 6.58 Å². The van der Waals surface area contributed by atoms with Crippen LogP contribution in [0.15, 0.2) is 30.9 Å². The van der Waals surface area contributed by atoms with Gasteiger partial charge in [0.05, 0.1) is 11.3 Å². The van der Waals surface area contributed by atoms with Crippen LogP contribution in [0.5, 0.6) is 0 Å². The Morgan fingerprint density at radius 3 is 2.94 bits per heavy atom. The minimum atomic E-state index is 0.657. The summed E-state index contributed by atoms with van der Waals surface area (Å²) in [5.41, 5.74) is 1.55. The monoisotopic (exact) mass is 234 g/mol. The number of unbranched alkanes of at least 4 members (excludes halogenated alkanes) is 1. The third-order valence-electron chi connectivity index (χ3n) is 2.39. The smallest absolute Gasteiger partial charge is 0.101 e. The quantitative estimate of drug-likeness (QED) is 0.575. The fourth-order valence-electron chi connectivity index (χ4n) is 1.51. The molecule has 1 aromatic carbocycles. The molecular weight excluding hydrogens is 220 g/mol. The van der Waals surface area contributed by atoms with Crippen LogP contribution in [-0.4, -0.2) is 13.6 Å². The van der Waals surface area contributed by atoms with E-state index in [1.165, 1.54) is 0 Å². The molecule has 84 valence electrons. The van der Waals surface area contributed by atoms with Crippen molar-refractivity contribution < 1.29 is 0 Å². The van der Waals surface area contributed by atoms with E-state index < -0.39 is 0 Å². The normalized spacial score (nSPS) is 9.56. The highest BCUT2D eigenvalue weighted by molar-refractivity contribution is 6.30. The fourth-order valence-corrected chi connectivity index (χ4v) is 1.67. The molecule has 1 aromatic rings. The first-order chi connectivity index (χ1) is 7.69. The predicted molar refractivity (Wildman–Crippen MR) is 68.9 cm³/mol. The van der Waals surface area contributed by atoms with Crippen LogP contribution in [0.1, 0.15) is 18.4 Å². The number of hydrogen-bond donors (Lipinski definition) is 0. The first-order valence-corrected chi connectivity index (χ1v) is 5.58. The minimum Gasteiger partial charge on any atom is -0.373 e. The van der Waals surface area contributed by atoms with E-state index in [2.05, 4.69) is 12.6 Å². The van der Waals surface area contributed by atoms with Gasteiger partial charge < -0.3 is 4.90 Å². The molecule has 0 saturated carbocycles. The zero-order valence-corrected chi connectivity index (χ0v) is 10.2. The molecular formula is C13H15ClN2. The topological polar surface area (TPSA) is 27.0 Å². The Balaban J connectivity index is 2.81. The molecule has 0 amide bonds. The molecule has 0 aliphatic heterocycles. The summed E-state index contributed by atoms with van der Waals surface area (Å²) in [4.78, 5) is 2.05. The van der Waals surface area contributed by atoms with Gasteiger partial charge in [0.25, 0.3) is 0 Å². The van der Waals surface area contributed by atoms with E-state index in [1.54, 1.807) is 12.1 Å². The van der Waals surface area contributed by atoms with Gasteiger partial charge in [0.15, 0.2) is 0 Å². The van der Waals surface area contributed by atoms with Crippen LogP contribution in [0.3, 0.4) is 0 Å². The Bertz CT molecular complexity index is 407. The molecule has 0 atom stereocenters. The Morgan fingerprint density at radius 2 is 2.31 bits per heavy atom. The molecule has 0 N–H and O–H groups in total. The number of benzene rings is 1. The van der Waals surface area contributed by atoms with Crippen molar-refractivity contribution in [1.82, 2.24) is 0 Å². The average Bonchev–Trinajstić information content (AvgIpc) is 2.29. The molecule has 0 radical (unpaired) electrons. The molecule has 16 heavy (non-hydrogen) atoms. The lowest BCUT2D eigenvalue weighted by atomic mass is 10.1. The van der Waals surface area contributed by atoms with Crippen molar-refractivity contribution in [2.24, 2.45) is 0 Å². The first-order valence-electron chi connectivity index (χ1n) is 5.20. The van der Waals surface area contributed by atoms with Crippen molar-refractivity contribution in [1.29, 1.82) is 5.26 Å². The van der Waals surface area contributed by atoms with Crippen molar-refractivity contribution >= 4 is 17.3 Å². The van der Waals surface area contributed by atoms with E-state index in [0.29, 0.717) is 10.6 Å². The van der Waals surface area contributed by atoms with Crippen molar-refractivity contribution in [2.45, 2.75) is 12.8 Å². The second kappa shape index (κ2) is 6.19. The Morgan fingerprint density at radius 1 is 1.56 bits per heavy atom. The second-order valence-electron chi connectivity index (χ2n) is 3.63. The van der Waals surface area contributed by atoms with Gasteiger partial charge in [0.2, 0.25) is 0 Å². The number of rotatable bonds is 5. The highest BCUT2D eigenvalue weighted by Crippen LogP contribution is 2.23. The van der Waals surface area contributed by atoms with Crippen LogP contribution >= 0.6 is 11.6 Å². The number of hydrogen-bond acceptors (Lipinski definition) is 2. The second-order valence-corrected chi connectivity index (χ2v) is 4.06. The summed E-state index contributed by atoms with van der Waals surface area (Å²) in [6, 6.07) is 7.49. The van der Waals surface area contributed by atoms with Gasteiger partial charge in [-0.25, -0.2) is 0 Å². The number of halogens is 1. The van der Waals surface area contributed by atoms with Crippen LogP contribution < -0.4 is 4.90 Å². The zero-order chi connectivity index (χ0) is 12.0. The van der Waals surface area contributed by atoms with Crippen LogP contribution in [0.2, 0.25) is 5.02 Å². The molecule has 0 aromatic heterocycles. The van der Waals surface area contributed by atoms with E-state index in [1.807, 2.05) is 24.1 Å². The molecule has 0 unspecified atom stereocenters. The lowest BCUT2D eigenvalue weighted by Crippen LogP contribution is -2.19. The molecule has 0 aliphatic rings. The molecule has 0 fully saturated rings. The lowest BCUT2D eigenvalue weighted by molar-refractivity contribution is 0.801. The van der Waals surface area contributed by atoms with E-state index in [0.717, 1.165) is 25.1 Å². The predicted octanol–water partition coefficient (Wildman–Crippen LogP) is 3.61. The van der Waals surface area contributed by atoms with E-state index in [-0.39, 0.29) is 0 Å². The Labute approximate surface area is 102 Å². The van der Waals surface area contributed by atoms with Gasteiger partial charge >= 0.3 is 0 Å². The Hall–Kier alpha value is -1.46. The van der Waals surface area contributed by atoms with Crippen LogP contribution in [0.4, 0.5) is 5.69 Å². The first kappa shape index (κ1) is 12.6.